The molecule has 1 aromatic carbocycles. The second kappa shape index (κ2) is 7.75. The first-order valence-corrected chi connectivity index (χ1v) is 8.90. The number of rotatable bonds is 6. The highest BCUT2D eigenvalue weighted by Crippen LogP contribution is 2.36. The molecule has 0 atom stereocenters. The van der Waals surface area contributed by atoms with Crippen molar-refractivity contribution in [1.29, 1.82) is 0 Å². The fraction of sp³-hybridized carbons (Fsp3) is 0.350. The molecule has 1 aliphatic heterocycles. The van der Waals surface area contributed by atoms with Gasteiger partial charge in [-0.05, 0) is 56.7 Å². The van der Waals surface area contributed by atoms with E-state index in [0.717, 1.165) is 0 Å². The average molecular weight is 385 g/mol. The number of esters is 1. The van der Waals surface area contributed by atoms with E-state index in [-0.39, 0.29) is 5.91 Å². The highest BCUT2D eigenvalue weighted by molar-refractivity contribution is 6.01. The number of carbonyl (C=O) groups is 2. The average Bonchev–Trinajstić information content (AvgIpc) is 2.68. The molecule has 2 N–H and O–H groups in total. The van der Waals surface area contributed by atoms with Crippen LogP contribution in [0.3, 0.4) is 0 Å². The van der Waals surface area contributed by atoms with E-state index in [0.29, 0.717) is 48.3 Å². The Labute approximate surface area is 163 Å². The molecule has 1 aliphatic rings. The minimum absolute atomic E-state index is 0.180. The van der Waals surface area contributed by atoms with E-state index < -0.39 is 11.6 Å². The van der Waals surface area contributed by atoms with Gasteiger partial charge in [0.25, 0.3) is 5.91 Å². The molecule has 0 saturated carbocycles. The highest BCUT2D eigenvalue weighted by atomic mass is 16.5. The molecule has 0 saturated heterocycles. The molecule has 1 amide bonds. The Morgan fingerprint density at radius 2 is 1.93 bits per heavy atom. The van der Waals surface area contributed by atoms with E-state index >= 15 is 0 Å². The lowest BCUT2D eigenvalue weighted by Gasteiger charge is -2.37. The van der Waals surface area contributed by atoms with Gasteiger partial charge in [-0.25, -0.2) is 9.78 Å². The first-order valence-electron chi connectivity index (χ1n) is 8.90. The number of carbonyl (C=O) groups excluding carboxylic acids is 2. The molecule has 2 heterocycles. The summed E-state index contributed by atoms with van der Waals surface area (Å²) in [5.41, 5.74) is 5.25. The van der Waals surface area contributed by atoms with Gasteiger partial charge in [-0.3, -0.25) is 9.69 Å². The summed E-state index contributed by atoms with van der Waals surface area (Å²) in [5.74, 6) is 1.32. The Kier molecular flexibility index (Phi) is 5.39. The maximum atomic E-state index is 12.8. The van der Waals surface area contributed by atoms with Gasteiger partial charge in [0.1, 0.15) is 11.6 Å². The third-order valence-corrected chi connectivity index (χ3v) is 4.31. The van der Waals surface area contributed by atoms with Gasteiger partial charge in [0.05, 0.1) is 19.3 Å². The number of hydrogen-bond acceptors (Lipinski definition) is 7. The molecular weight excluding hydrogens is 362 g/mol. The minimum atomic E-state index is -0.977. The van der Waals surface area contributed by atoms with Gasteiger partial charge >= 0.3 is 5.97 Å². The van der Waals surface area contributed by atoms with Crippen LogP contribution in [-0.4, -0.2) is 42.7 Å². The lowest BCUT2D eigenvalue weighted by Crippen LogP contribution is -2.53. The summed E-state index contributed by atoms with van der Waals surface area (Å²) in [6, 6.07) is 10.0. The third kappa shape index (κ3) is 4.00. The van der Waals surface area contributed by atoms with E-state index in [1.807, 2.05) is 0 Å². The first kappa shape index (κ1) is 19.5. The predicted octanol–water partition coefficient (Wildman–Crippen LogP) is 2.42. The SMILES string of the molecule is COC(=O)c1ccc(OCCCN2C(=O)C(C)(C)Oc3ccc(N)nc32)cc1. The molecule has 8 heteroatoms. The second-order valence-corrected chi connectivity index (χ2v) is 6.84. The van der Waals surface area contributed by atoms with Crippen LogP contribution in [0.5, 0.6) is 11.5 Å². The zero-order valence-electron chi connectivity index (χ0n) is 16.1. The number of nitrogens with zero attached hydrogens (tertiary/aromatic N) is 2. The number of amides is 1. The molecule has 0 radical (unpaired) electrons. The Morgan fingerprint density at radius 1 is 1.21 bits per heavy atom. The molecule has 0 unspecified atom stereocenters. The van der Waals surface area contributed by atoms with Crippen LogP contribution < -0.4 is 20.1 Å². The number of hydrogen-bond donors (Lipinski definition) is 1. The van der Waals surface area contributed by atoms with Gasteiger partial charge in [0.2, 0.25) is 0 Å². The number of nitrogens with two attached hydrogens (primary N) is 1. The van der Waals surface area contributed by atoms with E-state index in [1.54, 1.807) is 55.1 Å². The first-order chi connectivity index (χ1) is 13.3. The summed E-state index contributed by atoms with van der Waals surface area (Å²) in [5, 5.41) is 0. The monoisotopic (exact) mass is 385 g/mol. The van der Waals surface area contributed by atoms with Crippen molar-refractivity contribution in [2.45, 2.75) is 25.9 Å². The van der Waals surface area contributed by atoms with Crippen LogP contribution in [0.4, 0.5) is 11.6 Å². The highest BCUT2D eigenvalue weighted by Gasteiger charge is 2.41. The van der Waals surface area contributed by atoms with Crippen molar-refractivity contribution in [3.8, 4) is 11.5 Å². The van der Waals surface area contributed by atoms with Crippen LogP contribution in [0.1, 0.15) is 30.6 Å². The van der Waals surface area contributed by atoms with Crippen LogP contribution in [-0.2, 0) is 9.53 Å². The summed E-state index contributed by atoms with van der Waals surface area (Å²) < 4.78 is 16.1. The second-order valence-electron chi connectivity index (χ2n) is 6.84. The summed E-state index contributed by atoms with van der Waals surface area (Å²) in [6.07, 6.45) is 0.580. The topological polar surface area (TPSA) is 104 Å². The summed E-state index contributed by atoms with van der Waals surface area (Å²) in [6.45, 7) is 4.25. The van der Waals surface area contributed by atoms with Gasteiger partial charge in [-0.15, -0.1) is 0 Å². The van der Waals surface area contributed by atoms with Gasteiger partial charge in [0.15, 0.2) is 17.2 Å². The fourth-order valence-electron chi connectivity index (χ4n) is 2.89. The van der Waals surface area contributed by atoms with Gasteiger partial charge in [-0.1, -0.05) is 0 Å². The molecule has 0 aliphatic carbocycles. The van der Waals surface area contributed by atoms with Crippen molar-refractivity contribution in [2.75, 3.05) is 30.9 Å². The number of aromatic nitrogens is 1. The summed E-state index contributed by atoms with van der Waals surface area (Å²) in [7, 11) is 1.33. The molecule has 2 aromatic rings. The smallest absolute Gasteiger partial charge is 0.337 e. The Hall–Kier alpha value is -3.29. The number of benzene rings is 1. The largest absolute Gasteiger partial charge is 0.494 e. The fourth-order valence-corrected chi connectivity index (χ4v) is 2.89. The predicted molar refractivity (Wildman–Crippen MR) is 104 cm³/mol. The van der Waals surface area contributed by atoms with Gasteiger partial charge in [0, 0.05) is 6.54 Å². The molecule has 0 bridgehead atoms. The number of anilines is 2. The Balaban J connectivity index is 1.62. The standard InChI is InChI=1S/C20H23N3O5/c1-20(2)19(25)23(17-15(28-20)9-10-16(21)22-17)11-4-12-27-14-7-5-13(6-8-14)18(24)26-3/h5-10H,4,11-12H2,1-3H3,(H2,21,22). The Bertz CT molecular complexity index is 880. The number of pyridine rings is 1. The normalized spacial score (nSPS) is 14.8. The van der Waals surface area contributed by atoms with Crippen molar-refractivity contribution < 1.29 is 23.8 Å². The summed E-state index contributed by atoms with van der Waals surface area (Å²) >= 11 is 0. The molecule has 3 rings (SSSR count). The molecule has 0 fully saturated rings. The van der Waals surface area contributed by atoms with Crippen LogP contribution in [0.15, 0.2) is 36.4 Å². The Morgan fingerprint density at radius 3 is 2.61 bits per heavy atom. The zero-order valence-corrected chi connectivity index (χ0v) is 16.1. The number of methoxy groups -OCH3 is 1. The van der Waals surface area contributed by atoms with Gasteiger partial charge in [-0.2, -0.15) is 0 Å². The van der Waals surface area contributed by atoms with Crippen molar-refractivity contribution in [3.63, 3.8) is 0 Å². The number of fused-ring (bicyclic) bond motifs is 1. The lowest BCUT2D eigenvalue weighted by molar-refractivity contribution is -0.132. The molecule has 148 valence electrons. The quantitative estimate of drug-likeness (QED) is 0.601. The molecular formula is C20H23N3O5. The van der Waals surface area contributed by atoms with Gasteiger partial charge < -0.3 is 19.9 Å². The maximum absolute atomic E-state index is 12.8. The molecule has 1 aromatic heterocycles. The number of ether oxygens (including phenoxy) is 3. The minimum Gasteiger partial charge on any atom is -0.494 e. The van der Waals surface area contributed by atoms with E-state index in [9.17, 15) is 9.59 Å². The van der Waals surface area contributed by atoms with Crippen molar-refractivity contribution >= 4 is 23.5 Å². The van der Waals surface area contributed by atoms with E-state index in [4.69, 9.17) is 15.2 Å². The summed E-state index contributed by atoms with van der Waals surface area (Å²) in [4.78, 5) is 30.0. The van der Waals surface area contributed by atoms with Crippen LogP contribution in [0.2, 0.25) is 0 Å². The van der Waals surface area contributed by atoms with E-state index in [2.05, 4.69) is 9.72 Å². The molecule has 0 spiro atoms. The number of nitrogen functional groups attached to an aromatic ring is 1. The zero-order chi connectivity index (χ0) is 20.3. The molecule has 28 heavy (non-hydrogen) atoms. The van der Waals surface area contributed by atoms with Crippen LogP contribution >= 0.6 is 0 Å². The van der Waals surface area contributed by atoms with Crippen molar-refractivity contribution in [1.82, 2.24) is 4.98 Å². The third-order valence-electron chi connectivity index (χ3n) is 4.31. The lowest BCUT2D eigenvalue weighted by atomic mass is 10.1. The van der Waals surface area contributed by atoms with Crippen LogP contribution in [0, 0.1) is 0 Å². The maximum Gasteiger partial charge on any atom is 0.337 e. The van der Waals surface area contributed by atoms with E-state index in [1.165, 1.54) is 7.11 Å². The molecule has 8 nitrogen and oxygen atoms in total. The van der Waals surface area contributed by atoms with Crippen molar-refractivity contribution in [3.05, 3.63) is 42.0 Å². The van der Waals surface area contributed by atoms with Crippen molar-refractivity contribution in [2.24, 2.45) is 0 Å². The van der Waals surface area contributed by atoms with Crippen LogP contribution in [0.25, 0.3) is 0 Å².